The lowest BCUT2D eigenvalue weighted by atomic mass is 10.0. The molecule has 5 rings (SSSR count). The minimum Gasteiger partial charge on any atom is -0.486 e. The maximum absolute atomic E-state index is 14.1. The van der Waals surface area contributed by atoms with Gasteiger partial charge in [0.25, 0.3) is 5.56 Å². The van der Waals surface area contributed by atoms with Crippen LogP contribution in [0.25, 0.3) is 10.9 Å². The van der Waals surface area contributed by atoms with Crippen molar-refractivity contribution >= 4 is 10.9 Å². The number of halogens is 2. The number of rotatable bonds is 6. The van der Waals surface area contributed by atoms with Crippen LogP contribution < -0.4 is 20.3 Å². The molecule has 1 fully saturated rings. The highest BCUT2D eigenvalue weighted by Gasteiger charge is 2.20. The van der Waals surface area contributed by atoms with E-state index >= 15 is 0 Å². The molecular weight excluding hydrogens is 430 g/mol. The quantitative estimate of drug-likeness (QED) is 0.615. The van der Waals surface area contributed by atoms with Gasteiger partial charge in [0.15, 0.2) is 11.5 Å². The van der Waals surface area contributed by atoms with E-state index in [4.69, 9.17) is 9.47 Å². The average Bonchev–Trinajstić information content (AvgIpc) is 2.82. The highest BCUT2D eigenvalue weighted by molar-refractivity contribution is 5.79. The first-order valence-corrected chi connectivity index (χ1v) is 11.3. The Bertz CT molecular complexity index is 1210. The minimum absolute atomic E-state index is 0.254. The highest BCUT2D eigenvalue weighted by Crippen LogP contribution is 2.29. The molecule has 2 aliphatic rings. The molecule has 0 saturated carbocycles. The van der Waals surface area contributed by atoms with Crippen molar-refractivity contribution in [1.29, 1.82) is 0 Å². The van der Waals surface area contributed by atoms with E-state index in [9.17, 15) is 13.6 Å². The number of likely N-dealkylation sites (tertiary alicyclic amines) is 1. The highest BCUT2D eigenvalue weighted by atomic mass is 19.1. The van der Waals surface area contributed by atoms with Gasteiger partial charge in [-0.3, -0.25) is 9.78 Å². The fraction of sp³-hybridized carbons (Fsp3) is 0.417. The smallest absolute Gasteiger partial charge is 0.251 e. The van der Waals surface area contributed by atoms with Gasteiger partial charge in [-0.05, 0) is 38.1 Å². The fourth-order valence-corrected chi connectivity index (χ4v) is 4.49. The number of pyridine rings is 2. The van der Waals surface area contributed by atoms with E-state index in [1.807, 2.05) is 6.07 Å². The van der Waals surface area contributed by atoms with Gasteiger partial charge in [-0.1, -0.05) is 0 Å². The molecule has 1 saturated heterocycles. The summed E-state index contributed by atoms with van der Waals surface area (Å²) in [5.74, 6) is 0.0947. The molecule has 0 unspecified atom stereocenters. The Balaban J connectivity index is 1.14. The molecule has 0 radical (unpaired) electrons. The molecule has 0 atom stereocenters. The van der Waals surface area contributed by atoms with Crippen molar-refractivity contribution in [2.45, 2.75) is 32.0 Å². The van der Waals surface area contributed by atoms with Crippen LogP contribution in [0.3, 0.4) is 0 Å². The normalized spacial score (nSPS) is 16.9. The molecule has 0 aliphatic carbocycles. The lowest BCUT2D eigenvalue weighted by molar-refractivity contribution is 0.170. The molecule has 0 bridgehead atoms. The lowest BCUT2D eigenvalue weighted by Crippen LogP contribution is -2.43. The Hall–Kier alpha value is -3.04. The number of hydrogen-bond acceptors (Lipinski definition) is 6. The Morgan fingerprint density at radius 1 is 1.03 bits per heavy atom. The molecule has 3 aromatic rings. The summed E-state index contributed by atoms with van der Waals surface area (Å²) in [7, 11) is 0. The van der Waals surface area contributed by atoms with Crippen LogP contribution in [-0.2, 0) is 13.1 Å². The molecule has 4 heterocycles. The number of benzene rings is 1. The number of fused-ring (bicyclic) bond motifs is 2. The maximum atomic E-state index is 14.1. The van der Waals surface area contributed by atoms with Crippen molar-refractivity contribution in [1.82, 2.24) is 19.8 Å². The number of hydrogen-bond donors (Lipinski definition) is 1. The van der Waals surface area contributed by atoms with Crippen molar-refractivity contribution in [2.24, 2.45) is 0 Å². The van der Waals surface area contributed by atoms with Crippen molar-refractivity contribution in [2.75, 3.05) is 32.8 Å². The zero-order chi connectivity index (χ0) is 22.8. The fourth-order valence-electron chi connectivity index (χ4n) is 4.49. The van der Waals surface area contributed by atoms with Crippen LogP contribution in [0, 0.1) is 11.6 Å². The van der Waals surface area contributed by atoms with Gasteiger partial charge >= 0.3 is 0 Å². The molecule has 9 heteroatoms. The van der Waals surface area contributed by atoms with Crippen LogP contribution in [0.4, 0.5) is 8.78 Å². The third kappa shape index (κ3) is 4.84. The molecule has 2 aliphatic heterocycles. The van der Waals surface area contributed by atoms with Crippen LogP contribution in [0.1, 0.15) is 18.5 Å². The van der Waals surface area contributed by atoms with Crippen LogP contribution in [0.15, 0.2) is 41.3 Å². The molecule has 0 amide bonds. The number of ether oxygens (including phenoxy) is 2. The van der Waals surface area contributed by atoms with E-state index in [0.29, 0.717) is 50.2 Å². The first-order valence-electron chi connectivity index (χ1n) is 11.3. The van der Waals surface area contributed by atoms with Crippen molar-refractivity contribution in [3.63, 3.8) is 0 Å². The Morgan fingerprint density at radius 2 is 1.82 bits per heavy atom. The van der Waals surface area contributed by atoms with E-state index < -0.39 is 11.6 Å². The lowest BCUT2D eigenvalue weighted by Gasteiger charge is -2.32. The largest absolute Gasteiger partial charge is 0.486 e. The average molecular weight is 456 g/mol. The van der Waals surface area contributed by atoms with E-state index in [1.165, 1.54) is 22.8 Å². The molecule has 2 aromatic heterocycles. The van der Waals surface area contributed by atoms with Gasteiger partial charge in [0, 0.05) is 49.3 Å². The second kappa shape index (κ2) is 9.44. The van der Waals surface area contributed by atoms with E-state index in [-0.39, 0.29) is 10.9 Å². The monoisotopic (exact) mass is 456 g/mol. The Labute approximate surface area is 189 Å². The molecule has 33 heavy (non-hydrogen) atoms. The van der Waals surface area contributed by atoms with Gasteiger partial charge in [-0.2, -0.15) is 0 Å². The second-order valence-electron chi connectivity index (χ2n) is 8.46. The topological polar surface area (TPSA) is 68.6 Å². The summed E-state index contributed by atoms with van der Waals surface area (Å²) >= 11 is 0. The third-order valence-electron chi connectivity index (χ3n) is 6.31. The number of nitrogens with zero attached hydrogens (tertiary/aromatic N) is 3. The summed E-state index contributed by atoms with van der Waals surface area (Å²) in [5.41, 5.74) is 0.955. The summed E-state index contributed by atoms with van der Waals surface area (Å²) in [5, 5.41) is 3.82. The summed E-state index contributed by atoms with van der Waals surface area (Å²) in [6.45, 7) is 4.56. The van der Waals surface area contributed by atoms with Gasteiger partial charge in [-0.15, -0.1) is 0 Å². The van der Waals surface area contributed by atoms with Gasteiger partial charge < -0.3 is 24.3 Å². The molecule has 0 spiro atoms. The van der Waals surface area contributed by atoms with E-state index in [0.717, 1.165) is 43.4 Å². The van der Waals surface area contributed by atoms with Crippen molar-refractivity contribution in [3.8, 4) is 11.5 Å². The molecule has 1 N–H and O–H groups in total. The summed E-state index contributed by atoms with van der Waals surface area (Å²) in [4.78, 5) is 19.1. The maximum Gasteiger partial charge on any atom is 0.251 e. The van der Waals surface area contributed by atoms with Gasteiger partial charge in [-0.25, -0.2) is 8.78 Å². The molecular formula is C24H26F2N4O3. The Morgan fingerprint density at radius 3 is 2.64 bits per heavy atom. The number of nitrogens with one attached hydrogen (secondary N) is 1. The Kier molecular flexibility index (Phi) is 6.24. The molecule has 1 aromatic carbocycles. The summed E-state index contributed by atoms with van der Waals surface area (Å²) < 4.78 is 40.4. The van der Waals surface area contributed by atoms with Crippen LogP contribution in [0.2, 0.25) is 0 Å². The summed E-state index contributed by atoms with van der Waals surface area (Å²) in [6.07, 6.45) is 3.65. The number of piperidine rings is 1. The van der Waals surface area contributed by atoms with E-state index in [2.05, 4.69) is 15.2 Å². The third-order valence-corrected chi connectivity index (χ3v) is 6.31. The summed E-state index contributed by atoms with van der Waals surface area (Å²) in [6, 6.07) is 7.11. The number of aromatic nitrogens is 2. The van der Waals surface area contributed by atoms with Crippen LogP contribution in [-0.4, -0.2) is 53.3 Å². The van der Waals surface area contributed by atoms with Crippen molar-refractivity contribution in [3.05, 3.63) is 64.2 Å². The molecule has 7 nitrogen and oxygen atoms in total. The minimum atomic E-state index is -0.682. The zero-order valence-electron chi connectivity index (χ0n) is 18.2. The van der Waals surface area contributed by atoms with Crippen LogP contribution >= 0.6 is 0 Å². The predicted molar refractivity (Wildman–Crippen MR) is 120 cm³/mol. The van der Waals surface area contributed by atoms with Gasteiger partial charge in [0.2, 0.25) is 0 Å². The van der Waals surface area contributed by atoms with Crippen molar-refractivity contribution < 1.29 is 18.3 Å². The van der Waals surface area contributed by atoms with Crippen LogP contribution in [0.5, 0.6) is 11.5 Å². The van der Waals surface area contributed by atoms with Gasteiger partial charge in [0.1, 0.15) is 24.8 Å². The van der Waals surface area contributed by atoms with Gasteiger partial charge in [0.05, 0.1) is 17.4 Å². The van der Waals surface area contributed by atoms with E-state index in [1.54, 1.807) is 6.20 Å². The predicted octanol–water partition coefficient (Wildman–Crippen LogP) is 2.70. The first-order chi connectivity index (χ1) is 16.1. The first kappa shape index (κ1) is 21.8. The molecule has 174 valence electrons. The standard InChI is InChI=1S/C24H26F2N4O3/c25-16-11-20(26)19-1-2-24(31)30(21(19)12-16)8-7-29-5-3-17(4-6-29)27-14-18-13-22-23(15-28-18)33-10-9-32-22/h1-2,11-13,15,17,27H,3-10,14H2. The zero-order valence-corrected chi connectivity index (χ0v) is 18.2. The SMILES string of the molecule is O=c1ccc2c(F)cc(F)cc2n1CCN1CCC(NCc2cc3c(cn2)OCCO3)CC1. The second-order valence-corrected chi connectivity index (χ2v) is 8.46.